The van der Waals surface area contributed by atoms with Crippen molar-refractivity contribution in [2.24, 2.45) is 5.92 Å². The van der Waals surface area contributed by atoms with Crippen LogP contribution in [0.1, 0.15) is 26.7 Å². The summed E-state index contributed by atoms with van der Waals surface area (Å²) in [4.78, 5) is 0. The zero-order valence-electron chi connectivity index (χ0n) is 10.7. The Hall–Kier alpha value is -1.22. The number of hydrogen-bond acceptors (Lipinski definition) is 3. The van der Waals surface area contributed by atoms with Crippen molar-refractivity contribution < 1.29 is 14.6 Å². The second-order valence-corrected chi connectivity index (χ2v) is 4.07. The smallest absolute Gasteiger partial charge is 0.122 e. The molecule has 0 aliphatic rings. The summed E-state index contributed by atoms with van der Waals surface area (Å²) in [5.41, 5.74) is 0. The van der Waals surface area contributed by atoms with Crippen LogP contribution in [-0.2, 0) is 4.74 Å². The number of aromatic hydroxyl groups is 1. The topological polar surface area (TPSA) is 38.7 Å². The molecule has 0 heterocycles. The highest BCUT2D eigenvalue weighted by Crippen LogP contribution is 2.18. The standard InChI is InChI=1S/C14H22O3/c1-3-12(11-16-4-2)8-9-17-14-7-5-6-13(15)10-14/h5-7,10,12,15H,3-4,8-9,11H2,1-2H3. The van der Waals surface area contributed by atoms with Crippen molar-refractivity contribution in [3.8, 4) is 11.5 Å². The summed E-state index contributed by atoms with van der Waals surface area (Å²) in [5.74, 6) is 1.51. The van der Waals surface area contributed by atoms with E-state index < -0.39 is 0 Å². The third-order valence-electron chi connectivity index (χ3n) is 2.75. The van der Waals surface area contributed by atoms with E-state index >= 15 is 0 Å². The molecule has 3 nitrogen and oxygen atoms in total. The molecule has 0 aromatic heterocycles. The number of rotatable bonds is 8. The zero-order valence-corrected chi connectivity index (χ0v) is 10.7. The average molecular weight is 238 g/mol. The van der Waals surface area contributed by atoms with Gasteiger partial charge in [-0.05, 0) is 31.4 Å². The molecule has 17 heavy (non-hydrogen) atoms. The maximum atomic E-state index is 9.28. The SMILES string of the molecule is CCOCC(CC)CCOc1cccc(O)c1. The van der Waals surface area contributed by atoms with Crippen LogP contribution in [0.3, 0.4) is 0 Å². The highest BCUT2D eigenvalue weighted by molar-refractivity contribution is 5.31. The minimum absolute atomic E-state index is 0.240. The summed E-state index contributed by atoms with van der Waals surface area (Å²) in [7, 11) is 0. The van der Waals surface area contributed by atoms with Gasteiger partial charge in [-0.1, -0.05) is 19.4 Å². The first kappa shape index (κ1) is 13.8. The van der Waals surface area contributed by atoms with Crippen LogP contribution in [-0.4, -0.2) is 24.9 Å². The van der Waals surface area contributed by atoms with Crippen LogP contribution in [0.15, 0.2) is 24.3 Å². The molecule has 0 radical (unpaired) electrons. The van der Waals surface area contributed by atoms with Gasteiger partial charge in [0.15, 0.2) is 0 Å². The molecule has 1 unspecified atom stereocenters. The van der Waals surface area contributed by atoms with Crippen molar-refractivity contribution in [3.63, 3.8) is 0 Å². The second-order valence-electron chi connectivity index (χ2n) is 4.07. The fraction of sp³-hybridized carbons (Fsp3) is 0.571. The average Bonchev–Trinajstić information content (AvgIpc) is 2.33. The first-order valence-corrected chi connectivity index (χ1v) is 6.25. The van der Waals surface area contributed by atoms with E-state index in [1.807, 2.05) is 13.0 Å². The Morgan fingerprint density at radius 2 is 2.12 bits per heavy atom. The molecule has 0 aliphatic carbocycles. The Labute approximate surface area is 103 Å². The van der Waals surface area contributed by atoms with E-state index in [1.165, 1.54) is 0 Å². The van der Waals surface area contributed by atoms with Gasteiger partial charge in [0.05, 0.1) is 6.61 Å². The van der Waals surface area contributed by atoms with Gasteiger partial charge in [-0.15, -0.1) is 0 Å². The van der Waals surface area contributed by atoms with Crippen LogP contribution in [0.25, 0.3) is 0 Å². The lowest BCUT2D eigenvalue weighted by atomic mass is 10.0. The van der Waals surface area contributed by atoms with Gasteiger partial charge in [-0.3, -0.25) is 0 Å². The summed E-state index contributed by atoms with van der Waals surface area (Å²) in [6, 6.07) is 6.89. The van der Waals surface area contributed by atoms with E-state index in [2.05, 4.69) is 6.92 Å². The second kappa shape index (κ2) is 7.96. The van der Waals surface area contributed by atoms with Crippen LogP contribution in [0.4, 0.5) is 0 Å². The van der Waals surface area contributed by atoms with E-state index in [9.17, 15) is 5.11 Å². The highest BCUT2D eigenvalue weighted by atomic mass is 16.5. The van der Waals surface area contributed by atoms with Gasteiger partial charge in [0.1, 0.15) is 11.5 Å². The van der Waals surface area contributed by atoms with Crippen molar-refractivity contribution in [3.05, 3.63) is 24.3 Å². The van der Waals surface area contributed by atoms with Crippen molar-refractivity contribution >= 4 is 0 Å². The van der Waals surface area contributed by atoms with Crippen LogP contribution >= 0.6 is 0 Å². The molecule has 0 saturated carbocycles. The minimum atomic E-state index is 0.240. The normalized spacial score (nSPS) is 12.4. The molecule has 0 fully saturated rings. The summed E-state index contributed by atoms with van der Waals surface area (Å²) < 4.78 is 11.0. The Bertz CT molecular complexity index is 312. The predicted molar refractivity (Wildman–Crippen MR) is 68.5 cm³/mol. The van der Waals surface area contributed by atoms with Crippen LogP contribution in [0.5, 0.6) is 11.5 Å². The first-order chi connectivity index (χ1) is 8.26. The Morgan fingerprint density at radius 1 is 1.29 bits per heavy atom. The zero-order chi connectivity index (χ0) is 12.5. The largest absolute Gasteiger partial charge is 0.508 e. The van der Waals surface area contributed by atoms with E-state index in [0.717, 1.165) is 31.8 Å². The Balaban J connectivity index is 2.26. The first-order valence-electron chi connectivity index (χ1n) is 6.25. The van der Waals surface area contributed by atoms with Gasteiger partial charge < -0.3 is 14.6 Å². The van der Waals surface area contributed by atoms with Crippen molar-refractivity contribution in [2.75, 3.05) is 19.8 Å². The molecule has 3 heteroatoms. The van der Waals surface area contributed by atoms with Gasteiger partial charge in [0, 0.05) is 19.3 Å². The number of ether oxygens (including phenoxy) is 2. The molecule has 1 aromatic carbocycles. The molecule has 1 aromatic rings. The molecule has 0 aliphatic heterocycles. The molecule has 0 bridgehead atoms. The lowest BCUT2D eigenvalue weighted by Gasteiger charge is -2.15. The van der Waals surface area contributed by atoms with Crippen molar-refractivity contribution in [2.45, 2.75) is 26.7 Å². The van der Waals surface area contributed by atoms with E-state index in [1.54, 1.807) is 18.2 Å². The molecule has 0 amide bonds. The Morgan fingerprint density at radius 3 is 2.76 bits per heavy atom. The quantitative estimate of drug-likeness (QED) is 0.755. The summed E-state index contributed by atoms with van der Waals surface area (Å²) in [5, 5.41) is 9.28. The summed E-state index contributed by atoms with van der Waals surface area (Å²) in [6.45, 7) is 6.41. The van der Waals surface area contributed by atoms with Gasteiger partial charge in [0.2, 0.25) is 0 Å². The minimum Gasteiger partial charge on any atom is -0.508 e. The molecular weight excluding hydrogens is 216 g/mol. The van der Waals surface area contributed by atoms with Gasteiger partial charge in [0.25, 0.3) is 0 Å². The van der Waals surface area contributed by atoms with Crippen LogP contribution in [0.2, 0.25) is 0 Å². The van der Waals surface area contributed by atoms with E-state index in [0.29, 0.717) is 12.5 Å². The summed E-state index contributed by atoms with van der Waals surface area (Å²) >= 11 is 0. The summed E-state index contributed by atoms with van der Waals surface area (Å²) in [6.07, 6.45) is 2.08. The number of phenols is 1. The van der Waals surface area contributed by atoms with Crippen molar-refractivity contribution in [1.82, 2.24) is 0 Å². The number of benzene rings is 1. The molecule has 96 valence electrons. The molecule has 1 N–H and O–H groups in total. The maximum absolute atomic E-state index is 9.28. The van der Waals surface area contributed by atoms with Crippen LogP contribution in [0, 0.1) is 5.92 Å². The van der Waals surface area contributed by atoms with Gasteiger partial charge in [-0.2, -0.15) is 0 Å². The third kappa shape index (κ3) is 5.59. The number of hydrogen-bond donors (Lipinski definition) is 1. The fourth-order valence-corrected chi connectivity index (χ4v) is 1.61. The molecule has 0 spiro atoms. The van der Waals surface area contributed by atoms with Gasteiger partial charge in [-0.25, -0.2) is 0 Å². The molecule has 0 saturated heterocycles. The highest BCUT2D eigenvalue weighted by Gasteiger charge is 2.06. The monoisotopic (exact) mass is 238 g/mol. The molecule has 1 rings (SSSR count). The number of phenolic OH excluding ortho intramolecular Hbond substituents is 1. The van der Waals surface area contributed by atoms with E-state index in [-0.39, 0.29) is 5.75 Å². The third-order valence-corrected chi connectivity index (χ3v) is 2.75. The van der Waals surface area contributed by atoms with Crippen molar-refractivity contribution in [1.29, 1.82) is 0 Å². The van der Waals surface area contributed by atoms with E-state index in [4.69, 9.17) is 9.47 Å². The molecular formula is C14H22O3. The van der Waals surface area contributed by atoms with Gasteiger partial charge >= 0.3 is 0 Å². The van der Waals surface area contributed by atoms with Crippen LogP contribution < -0.4 is 4.74 Å². The maximum Gasteiger partial charge on any atom is 0.122 e. The Kier molecular flexibility index (Phi) is 6.48. The lowest BCUT2D eigenvalue weighted by Crippen LogP contribution is -2.12. The fourth-order valence-electron chi connectivity index (χ4n) is 1.61. The molecule has 1 atom stereocenters. The predicted octanol–water partition coefficient (Wildman–Crippen LogP) is 3.22. The lowest BCUT2D eigenvalue weighted by molar-refractivity contribution is 0.0981.